The van der Waals surface area contributed by atoms with Gasteiger partial charge >= 0.3 is 0 Å². The van der Waals surface area contributed by atoms with Crippen molar-refractivity contribution in [3.05, 3.63) is 52.8 Å². The standard InChI is InChI=1S/C18H15ClFN3O2S/c19-11-1-3-13(14(20)9-11)17(24)21-12-2-4-15-16(10-12)26-18(22-15)23-5-7-25-8-6-23/h1-4,9-10H,5-8H2,(H,21,24). The lowest BCUT2D eigenvalue weighted by atomic mass is 10.2. The van der Waals surface area contributed by atoms with Crippen molar-refractivity contribution in [1.29, 1.82) is 0 Å². The maximum absolute atomic E-state index is 13.9. The number of fused-ring (bicyclic) bond motifs is 1. The van der Waals surface area contributed by atoms with Crippen molar-refractivity contribution in [2.45, 2.75) is 0 Å². The van der Waals surface area contributed by atoms with Crippen LogP contribution in [0.1, 0.15) is 10.4 Å². The third-order valence-corrected chi connectivity index (χ3v) is 5.41. The van der Waals surface area contributed by atoms with Crippen LogP contribution in [0.25, 0.3) is 10.2 Å². The summed E-state index contributed by atoms with van der Waals surface area (Å²) in [5.41, 5.74) is 1.41. The highest BCUT2D eigenvalue weighted by atomic mass is 35.5. The number of anilines is 2. The molecule has 0 radical (unpaired) electrons. The first-order valence-corrected chi connectivity index (χ1v) is 9.29. The molecule has 0 unspecified atom stereocenters. The Balaban J connectivity index is 1.56. The van der Waals surface area contributed by atoms with Crippen molar-refractivity contribution in [3.8, 4) is 0 Å². The molecule has 26 heavy (non-hydrogen) atoms. The van der Waals surface area contributed by atoms with E-state index in [9.17, 15) is 9.18 Å². The average Bonchev–Trinajstić information content (AvgIpc) is 3.05. The molecule has 1 saturated heterocycles. The van der Waals surface area contributed by atoms with Crippen LogP contribution in [0.5, 0.6) is 0 Å². The first kappa shape index (κ1) is 17.2. The number of nitrogens with one attached hydrogen (secondary N) is 1. The van der Waals surface area contributed by atoms with Gasteiger partial charge in [-0.05, 0) is 36.4 Å². The van der Waals surface area contributed by atoms with Crippen molar-refractivity contribution in [1.82, 2.24) is 4.98 Å². The van der Waals surface area contributed by atoms with E-state index in [1.165, 1.54) is 12.1 Å². The van der Waals surface area contributed by atoms with Gasteiger partial charge < -0.3 is 15.0 Å². The molecule has 0 atom stereocenters. The number of aromatic nitrogens is 1. The number of nitrogens with zero attached hydrogens (tertiary/aromatic N) is 2. The molecule has 1 aliphatic rings. The molecule has 1 aromatic heterocycles. The minimum atomic E-state index is -0.650. The van der Waals surface area contributed by atoms with Gasteiger partial charge in [-0.15, -0.1) is 0 Å². The van der Waals surface area contributed by atoms with Crippen LogP contribution >= 0.6 is 22.9 Å². The molecule has 2 heterocycles. The van der Waals surface area contributed by atoms with Gasteiger partial charge in [0.1, 0.15) is 5.82 Å². The summed E-state index contributed by atoms with van der Waals surface area (Å²) >= 11 is 7.29. The topological polar surface area (TPSA) is 54.5 Å². The number of rotatable bonds is 3. The fourth-order valence-electron chi connectivity index (χ4n) is 2.75. The number of hydrogen-bond donors (Lipinski definition) is 1. The molecular formula is C18H15ClFN3O2S. The maximum atomic E-state index is 13.9. The first-order chi connectivity index (χ1) is 12.6. The monoisotopic (exact) mass is 391 g/mol. The Hall–Kier alpha value is -2.22. The molecule has 0 aliphatic carbocycles. The Morgan fingerprint density at radius 1 is 1.23 bits per heavy atom. The van der Waals surface area contributed by atoms with E-state index in [0.29, 0.717) is 18.9 Å². The van der Waals surface area contributed by atoms with Gasteiger partial charge in [-0.2, -0.15) is 0 Å². The molecule has 8 heteroatoms. The van der Waals surface area contributed by atoms with Crippen LogP contribution in [-0.2, 0) is 4.74 Å². The number of morpholine rings is 1. The third-order valence-electron chi connectivity index (χ3n) is 4.09. The quantitative estimate of drug-likeness (QED) is 0.727. The Kier molecular flexibility index (Phi) is 4.76. The van der Waals surface area contributed by atoms with E-state index in [1.54, 1.807) is 17.4 Å². The van der Waals surface area contributed by atoms with E-state index in [4.69, 9.17) is 16.3 Å². The second-order valence-electron chi connectivity index (χ2n) is 5.86. The van der Waals surface area contributed by atoms with Crippen LogP contribution in [0.15, 0.2) is 36.4 Å². The second kappa shape index (κ2) is 7.19. The zero-order valence-corrected chi connectivity index (χ0v) is 15.2. The number of ether oxygens (including phenoxy) is 1. The van der Waals surface area contributed by atoms with Gasteiger partial charge in [-0.3, -0.25) is 4.79 Å². The van der Waals surface area contributed by atoms with Gasteiger partial charge in [0.05, 0.1) is 29.0 Å². The lowest BCUT2D eigenvalue weighted by Crippen LogP contribution is -2.36. The molecule has 1 amide bonds. The Morgan fingerprint density at radius 3 is 2.81 bits per heavy atom. The molecule has 1 N–H and O–H groups in total. The molecule has 1 aliphatic heterocycles. The van der Waals surface area contributed by atoms with Crippen molar-refractivity contribution < 1.29 is 13.9 Å². The van der Waals surface area contributed by atoms with E-state index in [2.05, 4.69) is 15.2 Å². The van der Waals surface area contributed by atoms with E-state index >= 15 is 0 Å². The second-order valence-corrected chi connectivity index (χ2v) is 7.30. The summed E-state index contributed by atoms with van der Waals surface area (Å²) in [6.07, 6.45) is 0. The van der Waals surface area contributed by atoms with Crippen LogP contribution in [0, 0.1) is 5.82 Å². The summed E-state index contributed by atoms with van der Waals surface area (Å²) in [5.74, 6) is -1.17. The normalized spacial score (nSPS) is 14.6. The number of amides is 1. The Morgan fingerprint density at radius 2 is 2.04 bits per heavy atom. The maximum Gasteiger partial charge on any atom is 0.258 e. The SMILES string of the molecule is O=C(Nc1ccc2nc(N3CCOCC3)sc2c1)c1ccc(Cl)cc1F. The van der Waals surface area contributed by atoms with Crippen LogP contribution in [0.4, 0.5) is 15.2 Å². The third kappa shape index (κ3) is 3.51. The number of halogens is 2. The van der Waals surface area contributed by atoms with Crippen LogP contribution in [0.2, 0.25) is 5.02 Å². The predicted molar refractivity (Wildman–Crippen MR) is 102 cm³/mol. The molecule has 2 aromatic carbocycles. The predicted octanol–water partition coefficient (Wildman–Crippen LogP) is 4.18. The summed E-state index contributed by atoms with van der Waals surface area (Å²) in [5, 5.41) is 3.91. The van der Waals surface area contributed by atoms with Crippen molar-refractivity contribution in [2.75, 3.05) is 36.5 Å². The highest BCUT2D eigenvalue weighted by Crippen LogP contribution is 2.31. The molecule has 0 saturated carbocycles. The molecule has 134 valence electrons. The van der Waals surface area contributed by atoms with E-state index in [0.717, 1.165) is 34.5 Å². The summed E-state index contributed by atoms with van der Waals surface area (Å²) in [4.78, 5) is 19.1. The van der Waals surface area contributed by atoms with Crippen molar-refractivity contribution in [3.63, 3.8) is 0 Å². The molecule has 5 nitrogen and oxygen atoms in total. The summed E-state index contributed by atoms with van der Waals surface area (Å²) in [7, 11) is 0. The van der Waals surface area contributed by atoms with Gasteiger partial charge in [-0.1, -0.05) is 22.9 Å². The molecule has 0 spiro atoms. The average molecular weight is 392 g/mol. The van der Waals surface area contributed by atoms with Gasteiger partial charge in [0.2, 0.25) is 0 Å². The van der Waals surface area contributed by atoms with E-state index in [1.807, 2.05) is 12.1 Å². The molecular weight excluding hydrogens is 377 g/mol. The minimum absolute atomic E-state index is 0.0483. The summed E-state index contributed by atoms with van der Waals surface area (Å²) < 4.78 is 20.2. The Labute approximate surface area is 158 Å². The van der Waals surface area contributed by atoms with Gasteiger partial charge in [0.25, 0.3) is 5.91 Å². The Bertz CT molecular complexity index is 972. The largest absolute Gasteiger partial charge is 0.378 e. The van der Waals surface area contributed by atoms with Crippen molar-refractivity contribution in [2.24, 2.45) is 0 Å². The highest BCUT2D eigenvalue weighted by molar-refractivity contribution is 7.22. The zero-order chi connectivity index (χ0) is 18.1. The van der Waals surface area contributed by atoms with Crippen LogP contribution < -0.4 is 10.2 Å². The van der Waals surface area contributed by atoms with E-state index in [-0.39, 0.29) is 10.6 Å². The van der Waals surface area contributed by atoms with Gasteiger partial charge in [0.15, 0.2) is 5.13 Å². The number of hydrogen-bond acceptors (Lipinski definition) is 5. The first-order valence-electron chi connectivity index (χ1n) is 8.10. The molecule has 4 rings (SSSR count). The molecule has 0 bridgehead atoms. The fourth-order valence-corrected chi connectivity index (χ4v) is 3.97. The van der Waals surface area contributed by atoms with Crippen LogP contribution in [0.3, 0.4) is 0 Å². The smallest absolute Gasteiger partial charge is 0.258 e. The molecule has 1 fully saturated rings. The summed E-state index contributed by atoms with van der Waals surface area (Å²) in [6.45, 7) is 3.03. The van der Waals surface area contributed by atoms with Crippen molar-refractivity contribution >= 4 is 49.9 Å². The highest BCUT2D eigenvalue weighted by Gasteiger charge is 2.16. The molecule has 3 aromatic rings. The number of benzene rings is 2. The zero-order valence-electron chi connectivity index (χ0n) is 13.7. The summed E-state index contributed by atoms with van der Waals surface area (Å²) in [6, 6.07) is 9.44. The van der Waals surface area contributed by atoms with E-state index < -0.39 is 11.7 Å². The fraction of sp³-hybridized carbons (Fsp3) is 0.222. The number of carbonyl (C=O) groups is 1. The minimum Gasteiger partial charge on any atom is -0.378 e. The van der Waals surface area contributed by atoms with Gasteiger partial charge in [-0.25, -0.2) is 9.37 Å². The van der Waals surface area contributed by atoms with Crippen LogP contribution in [-0.4, -0.2) is 37.2 Å². The number of carbonyl (C=O) groups excluding carboxylic acids is 1. The van der Waals surface area contributed by atoms with Gasteiger partial charge in [0, 0.05) is 23.8 Å². The lowest BCUT2D eigenvalue weighted by Gasteiger charge is -2.25. The lowest BCUT2D eigenvalue weighted by molar-refractivity contribution is 0.102. The number of thiazole rings is 1.